The van der Waals surface area contributed by atoms with Crippen LogP contribution in [0.15, 0.2) is 18.2 Å². The molecule has 4 heteroatoms. The van der Waals surface area contributed by atoms with Crippen LogP contribution in [0.25, 0.3) is 0 Å². The van der Waals surface area contributed by atoms with E-state index in [0.717, 1.165) is 24.7 Å². The Morgan fingerprint density at radius 1 is 1.29 bits per heavy atom. The second-order valence-corrected chi connectivity index (χ2v) is 5.01. The van der Waals surface area contributed by atoms with Crippen LogP contribution in [0.2, 0.25) is 0 Å². The van der Waals surface area contributed by atoms with Gasteiger partial charge in [0, 0.05) is 6.07 Å². The van der Waals surface area contributed by atoms with Gasteiger partial charge < -0.3 is 10.2 Å². The monoisotopic (exact) mass is 235 g/mol. The zero-order chi connectivity index (χ0) is 12.3. The van der Waals surface area contributed by atoms with Crippen LogP contribution in [-0.2, 0) is 0 Å². The van der Waals surface area contributed by atoms with Gasteiger partial charge >= 0.3 is 0 Å². The van der Waals surface area contributed by atoms with Crippen molar-refractivity contribution in [2.75, 3.05) is 5.43 Å². The molecule has 0 bridgehead atoms. The van der Waals surface area contributed by atoms with Crippen molar-refractivity contribution in [1.82, 2.24) is 4.98 Å². The quantitative estimate of drug-likeness (QED) is 0.624. The van der Waals surface area contributed by atoms with Crippen molar-refractivity contribution in [3.05, 3.63) is 18.2 Å². The van der Waals surface area contributed by atoms with E-state index in [4.69, 9.17) is 10.6 Å². The van der Waals surface area contributed by atoms with E-state index in [0.29, 0.717) is 17.8 Å². The van der Waals surface area contributed by atoms with Gasteiger partial charge in [0.15, 0.2) is 0 Å². The molecule has 3 unspecified atom stereocenters. The maximum absolute atomic E-state index is 5.91. The Labute approximate surface area is 103 Å². The highest BCUT2D eigenvalue weighted by Gasteiger charge is 2.25. The van der Waals surface area contributed by atoms with Crippen molar-refractivity contribution in [1.29, 1.82) is 0 Å². The molecule has 94 valence electrons. The number of nitrogens with two attached hydrogens (primary N) is 1. The summed E-state index contributed by atoms with van der Waals surface area (Å²) in [6.07, 6.45) is 3.76. The van der Waals surface area contributed by atoms with Crippen molar-refractivity contribution in [2.24, 2.45) is 17.7 Å². The largest absolute Gasteiger partial charge is 0.474 e. The minimum Gasteiger partial charge on any atom is -0.474 e. The van der Waals surface area contributed by atoms with Crippen molar-refractivity contribution in [3.8, 4) is 5.88 Å². The number of nitrogens with zero attached hydrogens (tertiary/aromatic N) is 1. The van der Waals surface area contributed by atoms with Gasteiger partial charge in [0.1, 0.15) is 11.9 Å². The molecule has 1 aliphatic carbocycles. The van der Waals surface area contributed by atoms with E-state index in [-0.39, 0.29) is 0 Å². The number of pyridine rings is 1. The van der Waals surface area contributed by atoms with Crippen LogP contribution in [-0.4, -0.2) is 11.1 Å². The van der Waals surface area contributed by atoms with Gasteiger partial charge in [0.2, 0.25) is 5.88 Å². The molecule has 3 atom stereocenters. The Kier molecular flexibility index (Phi) is 3.84. The summed E-state index contributed by atoms with van der Waals surface area (Å²) in [6.45, 7) is 4.61. The lowest BCUT2D eigenvalue weighted by Gasteiger charge is -2.31. The summed E-state index contributed by atoms with van der Waals surface area (Å²) in [6, 6.07) is 5.59. The van der Waals surface area contributed by atoms with Crippen LogP contribution in [0.4, 0.5) is 5.82 Å². The number of anilines is 1. The van der Waals surface area contributed by atoms with Gasteiger partial charge in [-0.3, -0.25) is 0 Å². The molecule has 17 heavy (non-hydrogen) atoms. The highest BCUT2D eigenvalue weighted by molar-refractivity contribution is 5.35. The van der Waals surface area contributed by atoms with Gasteiger partial charge in [-0.05, 0) is 37.2 Å². The summed E-state index contributed by atoms with van der Waals surface area (Å²) in [5.74, 6) is 8.15. The minimum atomic E-state index is 0.293. The lowest BCUT2D eigenvalue weighted by Crippen LogP contribution is -2.29. The van der Waals surface area contributed by atoms with E-state index < -0.39 is 0 Å². The van der Waals surface area contributed by atoms with E-state index in [2.05, 4.69) is 24.3 Å². The van der Waals surface area contributed by atoms with Gasteiger partial charge in [0.25, 0.3) is 0 Å². The average molecular weight is 235 g/mol. The highest BCUT2D eigenvalue weighted by atomic mass is 16.5. The van der Waals surface area contributed by atoms with Crippen LogP contribution in [0.1, 0.15) is 33.1 Å². The second-order valence-electron chi connectivity index (χ2n) is 5.01. The highest BCUT2D eigenvalue weighted by Crippen LogP contribution is 2.31. The predicted molar refractivity (Wildman–Crippen MR) is 68.6 cm³/mol. The smallest absolute Gasteiger partial charge is 0.215 e. The first-order valence-corrected chi connectivity index (χ1v) is 6.29. The molecule has 3 N–H and O–H groups in total. The number of hydrogen-bond acceptors (Lipinski definition) is 4. The van der Waals surface area contributed by atoms with E-state index in [9.17, 15) is 0 Å². The molecule has 1 aromatic rings. The standard InChI is InChI=1S/C13H21N3O/c1-9-6-7-11(8-10(9)2)17-13-5-3-4-12(15-13)16-14/h3-5,9-11H,6-8,14H2,1-2H3,(H,15,16). The summed E-state index contributed by atoms with van der Waals surface area (Å²) in [4.78, 5) is 4.27. The number of nitrogen functional groups attached to an aromatic ring is 1. The van der Waals surface area contributed by atoms with Crippen LogP contribution in [0, 0.1) is 11.8 Å². The van der Waals surface area contributed by atoms with Crippen molar-refractivity contribution < 1.29 is 4.74 Å². The first kappa shape index (κ1) is 12.2. The Bertz CT molecular complexity index is 369. The zero-order valence-corrected chi connectivity index (χ0v) is 10.5. The fourth-order valence-corrected chi connectivity index (χ4v) is 2.34. The molecule has 0 aromatic carbocycles. The molecule has 0 amide bonds. The Morgan fingerprint density at radius 3 is 2.82 bits per heavy atom. The molecule has 0 aliphatic heterocycles. The third kappa shape index (κ3) is 3.09. The summed E-state index contributed by atoms with van der Waals surface area (Å²) in [7, 11) is 0. The molecule has 0 spiro atoms. The normalized spacial score (nSPS) is 28.8. The second kappa shape index (κ2) is 5.36. The number of aromatic nitrogens is 1. The van der Waals surface area contributed by atoms with Crippen LogP contribution in [0.3, 0.4) is 0 Å². The topological polar surface area (TPSA) is 60.2 Å². The van der Waals surface area contributed by atoms with Gasteiger partial charge in [0.05, 0.1) is 0 Å². The van der Waals surface area contributed by atoms with Crippen molar-refractivity contribution in [2.45, 2.75) is 39.2 Å². The maximum Gasteiger partial charge on any atom is 0.215 e. The predicted octanol–water partition coefficient (Wildman–Crippen LogP) is 2.57. The van der Waals surface area contributed by atoms with Crippen molar-refractivity contribution in [3.63, 3.8) is 0 Å². The molecule has 0 radical (unpaired) electrons. The molecule has 1 fully saturated rings. The van der Waals surface area contributed by atoms with Crippen LogP contribution >= 0.6 is 0 Å². The van der Waals surface area contributed by atoms with E-state index in [1.807, 2.05) is 18.2 Å². The molecular formula is C13H21N3O. The molecule has 0 saturated heterocycles. The minimum absolute atomic E-state index is 0.293. The fraction of sp³-hybridized carbons (Fsp3) is 0.615. The average Bonchev–Trinajstić information content (AvgIpc) is 2.34. The van der Waals surface area contributed by atoms with Gasteiger partial charge in [-0.15, -0.1) is 0 Å². The zero-order valence-electron chi connectivity index (χ0n) is 10.5. The molecule has 1 saturated carbocycles. The molecule has 2 rings (SSSR count). The van der Waals surface area contributed by atoms with E-state index in [1.165, 1.54) is 6.42 Å². The molecule has 1 aliphatic rings. The van der Waals surface area contributed by atoms with E-state index >= 15 is 0 Å². The molecule has 4 nitrogen and oxygen atoms in total. The number of hydrazine groups is 1. The molecular weight excluding hydrogens is 214 g/mol. The fourth-order valence-electron chi connectivity index (χ4n) is 2.34. The number of hydrogen-bond donors (Lipinski definition) is 2. The Balaban J connectivity index is 1.96. The third-order valence-electron chi connectivity index (χ3n) is 3.71. The number of ether oxygens (including phenoxy) is 1. The van der Waals surface area contributed by atoms with Crippen LogP contribution < -0.4 is 16.0 Å². The SMILES string of the molecule is CC1CCC(Oc2cccc(NN)n2)CC1C. The van der Waals surface area contributed by atoms with Gasteiger partial charge in [-0.2, -0.15) is 4.98 Å². The maximum atomic E-state index is 5.91. The molecule has 1 heterocycles. The Morgan fingerprint density at radius 2 is 2.12 bits per heavy atom. The summed E-state index contributed by atoms with van der Waals surface area (Å²) in [5.41, 5.74) is 2.53. The Hall–Kier alpha value is -1.29. The summed E-state index contributed by atoms with van der Waals surface area (Å²) >= 11 is 0. The van der Waals surface area contributed by atoms with Crippen LogP contribution in [0.5, 0.6) is 5.88 Å². The lowest BCUT2D eigenvalue weighted by atomic mass is 9.80. The first-order chi connectivity index (χ1) is 8.19. The molecule has 1 aromatic heterocycles. The van der Waals surface area contributed by atoms with Gasteiger partial charge in [-0.1, -0.05) is 19.9 Å². The summed E-state index contributed by atoms with van der Waals surface area (Å²) < 4.78 is 5.91. The lowest BCUT2D eigenvalue weighted by molar-refractivity contribution is 0.0966. The van der Waals surface area contributed by atoms with Gasteiger partial charge in [-0.25, -0.2) is 5.84 Å². The third-order valence-corrected chi connectivity index (χ3v) is 3.71. The first-order valence-electron chi connectivity index (χ1n) is 6.29. The van der Waals surface area contributed by atoms with E-state index in [1.54, 1.807) is 0 Å². The number of rotatable bonds is 3. The summed E-state index contributed by atoms with van der Waals surface area (Å²) in [5, 5.41) is 0. The van der Waals surface area contributed by atoms with Crippen molar-refractivity contribution >= 4 is 5.82 Å². The number of nitrogens with one attached hydrogen (secondary N) is 1.